The van der Waals surface area contributed by atoms with Crippen molar-refractivity contribution in [1.29, 1.82) is 0 Å². The van der Waals surface area contributed by atoms with E-state index < -0.39 is 17.5 Å². The van der Waals surface area contributed by atoms with Crippen molar-refractivity contribution in [3.8, 4) is 0 Å². The largest absolute Gasteiger partial charge is 0.351 e. The van der Waals surface area contributed by atoms with Gasteiger partial charge in [-0.05, 0) is 48.4 Å². The number of anilines is 2. The van der Waals surface area contributed by atoms with E-state index >= 15 is 0 Å². The number of fused-ring (bicyclic) bond motifs is 1. The number of carbonyl (C=O) groups is 2. The number of nitrogens with zero attached hydrogens (tertiary/aromatic N) is 2. The molecule has 3 aromatic carbocycles. The normalized spacial score (nSPS) is 10.9. The minimum absolute atomic E-state index is 0.0110. The van der Waals surface area contributed by atoms with Crippen LogP contribution in [0.3, 0.4) is 0 Å². The summed E-state index contributed by atoms with van der Waals surface area (Å²) in [4.78, 5) is 31.6. The van der Waals surface area contributed by atoms with Crippen molar-refractivity contribution in [1.82, 2.24) is 10.3 Å². The fourth-order valence-electron chi connectivity index (χ4n) is 3.36. The highest BCUT2D eigenvalue weighted by Gasteiger charge is 2.22. The van der Waals surface area contributed by atoms with Gasteiger partial charge in [-0.2, -0.15) is 0 Å². The van der Waals surface area contributed by atoms with E-state index in [2.05, 4.69) is 17.2 Å². The number of halogens is 2. The first-order chi connectivity index (χ1) is 16.0. The van der Waals surface area contributed by atoms with Crippen LogP contribution in [-0.2, 0) is 11.2 Å². The van der Waals surface area contributed by atoms with Crippen molar-refractivity contribution in [2.75, 3.05) is 11.4 Å². The third kappa shape index (κ3) is 5.06. The van der Waals surface area contributed by atoms with E-state index in [9.17, 15) is 18.4 Å². The highest BCUT2D eigenvalue weighted by molar-refractivity contribution is 7.22. The molecule has 0 radical (unpaired) electrons. The van der Waals surface area contributed by atoms with Crippen LogP contribution in [0.5, 0.6) is 0 Å². The Labute approximate surface area is 193 Å². The van der Waals surface area contributed by atoms with E-state index in [-0.39, 0.29) is 24.4 Å². The minimum Gasteiger partial charge on any atom is -0.351 e. The topological polar surface area (TPSA) is 62.3 Å². The van der Waals surface area contributed by atoms with Gasteiger partial charge in [0.15, 0.2) is 5.13 Å². The molecule has 4 rings (SSSR count). The summed E-state index contributed by atoms with van der Waals surface area (Å²) in [6.07, 6.45) is 0.849. The number of aryl methyl sites for hydroxylation is 1. The van der Waals surface area contributed by atoms with E-state index in [0.717, 1.165) is 34.3 Å². The van der Waals surface area contributed by atoms with Crippen LogP contribution < -0.4 is 10.2 Å². The number of nitrogens with one attached hydrogen (secondary N) is 1. The van der Waals surface area contributed by atoms with Gasteiger partial charge in [0.25, 0.3) is 5.91 Å². The standard InChI is InChI=1S/C25H21F2N3O2S/c1-2-16-7-10-18(11-8-16)30(25-29-21-5-3-4-6-22(21)33-25)23(31)13-14-28-24(32)19-12-9-17(26)15-20(19)27/h3-12,15H,2,13-14H2,1H3,(H,28,32). The summed E-state index contributed by atoms with van der Waals surface area (Å²) in [5, 5.41) is 3.06. The molecule has 1 N–H and O–H groups in total. The molecule has 0 aliphatic carbocycles. The first-order valence-corrected chi connectivity index (χ1v) is 11.3. The molecule has 0 aliphatic rings. The third-order valence-electron chi connectivity index (χ3n) is 5.13. The quantitative estimate of drug-likeness (QED) is 0.385. The number of rotatable bonds is 7. The maximum atomic E-state index is 13.8. The molecule has 168 valence electrons. The zero-order valence-electron chi connectivity index (χ0n) is 17.8. The number of benzene rings is 3. The minimum atomic E-state index is -0.953. The lowest BCUT2D eigenvalue weighted by molar-refractivity contribution is -0.117. The number of carbonyl (C=O) groups excluding carboxylic acids is 2. The Bertz CT molecular complexity index is 1270. The van der Waals surface area contributed by atoms with Gasteiger partial charge in [0, 0.05) is 19.0 Å². The number of amides is 2. The summed E-state index contributed by atoms with van der Waals surface area (Å²) in [6.45, 7) is 2.04. The molecule has 0 bridgehead atoms. The predicted molar refractivity (Wildman–Crippen MR) is 126 cm³/mol. The van der Waals surface area contributed by atoms with Crippen LogP contribution in [0.1, 0.15) is 29.3 Å². The summed E-state index contributed by atoms with van der Waals surface area (Å²) < 4.78 is 27.9. The highest BCUT2D eigenvalue weighted by Crippen LogP contribution is 2.34. The summed E-state index contributed by atoms with van der Waals surface area (Å²) in [5.41, 5.74) is 2.33. The van der Waals surface area contributed by atoms with Gasteiger partial charge in [0.2, 0.25) is 5.91 Å². The predicted octanol–water partition coefficient (Wildman–Crippen LogP) is 5.62. The molecule has 0 saturated heterocycles. The molecule has 0 fully saturated rings. The van der Waals surface area contributed by atoms with Crippen LogP contribution in [-0.4, -0.2) is 23.3 Å². The fourth-order valence-corrected chi connectivity index (χ4v) is 4.37. The van der Waals surface area contributed by atoms with Gasteiger partial charge in [0.05, 0.1) is 21.5 Å². The van der Waals surface area contributed by atoms with E-state index in [4.69, 9.17) is 0 Å². The number of aromatic nitrogens is 1. The van der Waals surface area contributed by atoms with Crippen LogP contribution in [0, 0.1) is 11.6 Å². The van der Waals surface area contributed by atoms with Crippen molar-refractivity contribution < 1.29 is 18.4 Å². The van der Waals surface area contributed by atoms with E-state index in [1.165, 1.54) is 16.2 Å². The lowest BCUT2D eigenvalue weighted by Gasteiger charge is -2.20. The second-order valence-corrected chi connectivity index (χ2v) is 8.35. The lowest BCUT2D eigenvalue weighted by atomic mass is 10.1. The number of hydrogen-bond acceptors (Lipinski definition) is 4. The fraction of sp³-hybridized carbons (Fsp3) is 0.160. The molecular formula is C25H21F2N3O2S. The molecule has 2 amide bonds. The maximum absolute atomic E-state index is 13.8. The Hall–Kier alpha value is -3.65. The summed E-state index contributed by atoms with van der Waals surface area (Å²) >= 11 is 1.40. The molecule has 0 unspecified atom stereocenters. The number of thiazole rings is 1. The molecule has 8 heteroatoms. The lowest BCUT2D eigenvalue weighted by Crippen LogP contribution is -2.32. The molecule has 5 nitrogen and oxygen atoms in total. The zero-order chi connectivity index (χ0) is 23.4. The Morgan fingerprint density at radius 1 is 1.03 bits per heavy atom. The zero-order valence-corrected chi connectivity index (χ0v) is 18.7. The summed E-state index contributed by atoms with van der Waals surface area (Å²) in [5.74, 6) is -2.69. The van der Waals surface area contributed by atoms with E-state index in [0.29, 0.717) is 16.9 Å². The first kappa shape index (κ1) is 22.5. The van der Waals surface area contributed by atoms with Crippen molar-refractivity contribution in [3.63, 3.8) is 0 Å². The van der Waals surface area contributed by atoms with Gasteiger partial charge < -0.3 is 5.32 Å². The van der Waals surface area contributed by atoms with Crippen LogP contribution >= 0.6 is 11.3 Å². The highest BCUT2D eigenvalue weighted by atomic mass is 32.1. The van der Waals surface area contributed by atoms with E-state index in [1.54, 1.807) is 0 Å². The molecular weight excluding hydrogens is 444 g/mol. The Balaban J connectivity index is 1.53. The first-order valence-electron chi connectivity index (χ1n) is 10.5. The average molecular weight is 466 g/mol. The number of hydrogen-bond donors (Lipinski definition) is 1. The molecule has 0 spiro atoms. The molecule has 1 heterocycles. The van der Waals surface area contributed by atoms with Gasteiger partial charge in [0.1, 0.15) is 11.6 Å². The monoisotopic (exact) mass is 465 g/mol. The number of para-hydroxylation sites is 1. The summed E-state index contributed by atoms with van der Waals surface area (Å²) in [7, 11) is 0. The second-order valence-electron chi connectivity index (χ2n) is 7.34. The van der Waals surface area contributed by atoms with Gasteiger partial charge in [-0.1, -0.05) is 42.5 Å². The second kappa shape index (κ2) is 9.87. The van der Waals surface area contributed by atoms with Gasteiger partial charge in [-0.3, -0.25) is 14.5 Å². The van der Waals surface area contributed by atoms with Crippen LogP contribution in [0.4, 0.5) is 19.6 Å². The third-order valence-corrected chi connectivity index (χ3v) is 6.15. The average Bonchev–Trinajstić information content (AvgIpc) is 3.23. The van der Waals surface area contributed by atoms with Crippen molar-refractivity contribution in [2.24, 2.45) is 0 Å². The van der Waals surface area contributed by atoms with E-state index in [1.807, 2.05) is 48.5 Å². The van der Waals surface area contributed by atoms with Gasteiger partial charge in [-0.25, -0.2) is 13.8 Å². The molecule has 1 aromatic heterocycles. The van der Waals surface area contributed by atoms with Crippen LogP contribution in [0.2, 0.25) is 0 Å². The Morgan fingerprint density at radius 2 is 1.79 bits per heavy atom. The van der Waals surface area contributed by atoms with Crippen molar-refractivity contribution >= 4 is 44.2 Å². The SMILES string of the molecule is CCc1ccc(N(C(=O)CCNC(=O)c2ccc(F)cc2F)c2nc3ccccc3s2)cc1. The molecule has 0 aliphatic heterocycles. The molecule has 4 aromatic rings. The van der Waals surface area contributed by atoms with Gasteiger partial charge in [-0.15, -0.1) is 0 Å². The molecule has 0 atom stereocenters. The van der Waals surface area contributed by atoms with Crippen LogP contribution in [0.15, 0.2) is 66.7 Å². The Morgan fingerprint density at radius 3 is 2.48 bits per heavy atom. The van der Waals surface area contributed by atoms with Gasteiger partial charge >= 0.3 is 0 Å². The summed E-state index contributed by atoms with van der Waals surface area (Å²) in [6, 6.07) is 18.0. The smallest absolute Gasteiger partial charge is 0.254 e. The van der Waals surface area contributed by atoms with Crippen LogP contribution in [0.25, 0.3) is 10.2 Å². The molecule has 0 saturated carbocycles. The Kier molecular flexibility index (Phi) is 6.74. The maximum Gasteiger partial charge on any atom is 0.254 e. The van der Waals surface area contributed by atoms with Crippen molar-refractivity contribution in [2.45, 2.75) is 19.8 Å². The molecule has 33 heavy (non-hydrogen) atoms. The van der Waals surface area contributed by atoms with Crippen molar-refractivity contribution in [3.05, 3.63) is 89.5 Å².